The topological polar surface area (TPSA) is 37.4 Å². The van der Waals surface area contributed by atoms with E-state index in [-0.39, 0.29) is 23.8 Å². The Morgan fingerprint density at radius 3 is 3.07 bits per heavy atom. The van der Waals surface area contributed by atoms with Crippen LogP contribution in [0, 0.1) is 11.8 Å². The Labute approximate surface area is 83.8 Å². The third-order valence-corrected chi connectivity index (χ3v) is 3.29. The third-order valence-electron chi connectivity index (χ3n) is 3.29. The summed E-state index contributed by atoms with van der Waals surface area (Å²) in [4.78, 5) is 24.3. The summed E-state index contributed by atoms with van der Waals surface area (Å²) in [5.41, 5.74) is 0. The highest BCUT2D eigenvalue weighted by Crippen LogP contribution is 2.32. The van der Waals surface area contributed by atoms with Crippen LogP contribution in [0.15, 0.2) is 12.3 Å². The average molecular weight is 193 g/mol. The number of hydrogen-bond donors (Lipinski definition) is 0. The van der Waals surface area contributed by atoms with E-state index in [0.29, 0.717) is 6.42 Å². The maximum absolute atomic E-state index is 11.6. The molecule has 0 aliphatic carbocycles. The van der Waals surface area contributed by atoms with E-state index in [2.05, 4.69) is 0 Å². The van der Waals surface area contributed by atoms with E-state index in [1.807, 2.05) is 19.2 Å². The SMILES string of the molecule is C[C@@H]1C=CN2C(=O)CCC[C@@H]2[C@H]1C=O. The molecule has 76 valence electrons. The van der Waals surface area contributed by atoms with Gasteiger partial charge in [-0.05, 0) is 18.8 Å². The number of piperidine rings is 1. The fraction of sp³-hybridized carbons (Fsp3) is 0.636. The van der Waals surface area contributed by atoms with Crippen LogP contribution in [0.5, 0.6) is 0 Å². The minimum atomic E-state index is -0.00995. The number of allylic oxidation sites excluding steroid dienone is 1. The number of aldehydes is 1. The van der Waals surface area contributed by atoms with Crippen LogP contribution < -0.4 is 0 Å². The van der Waals surface area contributed by atoms with E-state index in [1.165, 1.54) is 0 Å². The lowest BCUT2D eigenvalue weighted by atomic mass is 9.80. The first-order valence-electron chi connectivity index (χ1n) is 5.19. The maximum atomic E-state index is 11.6. The number of fused-ring (bicyclic) bond motifs is 1. The molecule has 0 unspecified atom stereocenters. The first-order valence-corrected chi connectivity index (χ1v) is 5.19. The zero-order chi connectivity index (χ0) is 10.1. The summed E-state index contributed by atoms with van der Waals surface area (Å²) in [6, 6.07) is 0.119. The van der Waals surface area contributed by atoms with Gasteiger partial charge < -0.3 is 9.69 Å². The maximum Gasteiger partial charge on any atom is 0.226 e. The van der Waals surface area contributed by atoms with Crippen LogP contribution in [-0.2, 0) is 9.59 Å². The van der Waals surface area contributed by atoms with Crippen molar-refractivity contribution >= 4 is 12.2 Å². The van der Waals surface area contributed by atoms with Crippen molar-refractivity contribution < 1.29 is 9.59 Å². The van der Waals surface area contributed by atoms with E-state index in [1.54, 1.807) is 4.90 Å². The summed E-state index contributed by atoms with van der Waals surface area (Å²) in [5, 5.41) is 0. The highest BCUT2D eigenvalue weighted by atomic mass is 16.2. The quantitative estimate of drug-likeness (QED) is 0.589. The van der Waals surface area contributed by atoms with Gasteiger partial charge in [0.15, 0.2) is 0 Å². The number of amides is 1. The van der Waals surface area contributed by atoms with Crippen molar-refractivity contribution in [1.82, 2.24) is 4.90 Å². The molecule has 3 nitrogen and oxygen atoms in total. The number of carbonyl (C=O) groups excluding carboxylic acids is 2. The molecule has 2 aliphatic rings. The monoisotopic (exact) mass is 193 g/mol. The molecule has 2 heterocycles. The molecule has 2 aliphatic heterocycles. The normalized spacial score (nSPS) is 36.8. The molecule has 0 spiro atoms. The van der Waals surface area contributed by atoms with Crippen LogP contribution in [0.4, 0.5) is 0 Å². The van der Waals surface area contributed by atoms with Crippen LogP contribution in [0.2, 0.25) is 0 Å². The summed E-state index contributed by atoms with van der Waals surface area (Å²) in [6.45, 7) is 2.03. The molecule has 0 aromatic rings. The molecule has 1 amide bonds. The van der Waals surface area contributed by atoms with E-state index < -0.39 is 0 Å². The number of hydrogen-bond acceptors (Lipinski definition) is 2. The Morgan fingerprint density at radius 1 is 1.57 bits per heavy atom. The van der Waals surface area contributed by atoms with Gasteiger partial charge in [-0.15, -0.1) is 0 Å². The molecular formula is C11H15NO2. The molecule has 0 radical (unpaired) electrons. The first-order chi connectivity index (χ1) is 6.74. The molecule has 0 aromatic carbocycles. The van der Waals surface area contributed by atoms with Crippen LogP contribution >= 0.6 is 0 Å². The van der Waals surface area contributed by atoms with Gasteiger partial charge in [-0.1, -0.05) is 13.0 Å². The summed E-state index contributed by atoms with van der Waals surface area (Å²) in [5.74, 6) is 0.417. The largest absolute Gasteiger partial charge is 0.316 e. The summed E-state index contributed by atoms with van der Waals surface area (Å²) < 4.78 is 0. The Kier molecular flexibility index (Phi) is 2.40. The van der Waals surface area contributed by atoms with Crippen LogP contribution in [0.1, 0.15) is 26.2 Å². The van der Waals surface area contributed by atoms with Gasteiger partial charge in [0.05, 0.1) is 0 Å². The van der Waals surface area contributed by atoms with Crippen LogP contribution in [0.3, 0.4) is 0 Å². The Morgan fingerprint density at radius 2 is 2.36 bits per heavy atom. The molecule has 0 bridgehead atoms. The van der Waals surface area contributed by atoms with Gasteiger partial charge in [-0.2, -0.15) is 0 Å². The van der Waals surface area contributed by atoms with E-state index in [4.69, 9.17) is 0 Å². The Balaban J connectivity index is 2.27. The fourth-order valence-corrected chi connectivity index (χ4v) is 2.41. The highest BCUT2D eigenvalue weighted by molar-refractivity contribution is 5.79. The smallest absolute Gasteiger partial charge is 0.226 e. The zero-order valence-corrected chi connectivity index (χ0v) is 8.35. The summed E-state index contributed by atoms with van der Waals surface area (Å²) in [6.07, 6.45) is 7.33. The minimum absolute atomic E-state index is 0.00995. The van der Waals surface area contributed by atoms with Crippen molar-refractivity contribution in [1.29, 1.82) is 0 Å². The Hall–Kier alpha value is -1.12. The second kappa shape index (κ2) is 3.56. The predicted molar refractivity (Wildman–Crippen MR) is 52.3 cm³/mol. The summed E-state index contributed by atoms with van der Waals surface area (Å²) in [7, 11) is 0. The molecule has 0 N–H and O–H groups in total. The standard InChI is InChI=1S/C11H15NO2/c1-8-5-6-12-10(9(8)7-13)3-2-4-11(12)14/h5-10H,2-4H2,1H3/t8-,9+,10-/m1/s1. The summed E-state index contributed by atoms with van der Waals surface area (Å²) >= 11 is 0. The number of carbonyl (C=O) groups is 2. The van der Waals surface area contributed by atoms with Crippen molar-refractivity contribution in [2.24, 2.45) is 11.8 Å². The molecule has 3 atom stereocenters. The molecule has 0 aromatic heterocycles. The zero-order valence-electron chi connectivity index (χ0n) is 8.35. The Bertz CT molecular complexity index is 285. The highest BCUT2D eigenvalue weighted by Gasteiger charge is 2.37. The molecule has 2 rings (SSSR count). The van der Waals surface area contributed by atoms with Crippen molar-refractivity contribution in [2.75, 3.05) is 0 Å². The van der Waals surface area contributed by atoms with Crippen molar-refractivity contribution in [2.45, 2.75) is 32.2 Å². The predicted octanol–water partition coefficient (Wildman–Crippen LogP) is 1.35. The second-order valence-corrected chi connectivity index (χ2v) is 4.17. The fourth-order valence-electron chi connectivity index (χ4n) is 2.41. The van der Waals surface area contributed by atoms with Crippen LogP contribution in [-0.4, -0.2) is 23.1 Å². The minimum Gasteiger partial charge on any atom is -0.316 e. The van der Waals surface area contributed by atoms with E-state index in [9.17, 15) is 9.59 Å². The van der Waals surface area contributed by atoms with E-state index in [0.717, 1.165) is 19.1 Å². The molecule has 1 saturated heterocycles. The van der Waals surface area contributed by atoms with Gasteiger partial charge >= 0.3 is 0 Å². The van der Waals surface area contributed by atoms with Gasteiger partial charge in [-0.3, -0.25) is 4.79 Å². The van der Waals surface area contributed by atoms with Gasteiger partial charge in [0.1, 0.15) is 6.29 Å². The van der Waals surface area contributed by atoms with Crippen molar-refractivity contribution in [3.05, 3.63) is 12.3 Å². The van der Waals surface area contributed by atoms with Gasteiger partial charge in [0.25, 0.3) is 0 Å². The first kappa shape index (κ1) is 9.44. The molecule has 14 heavy (non-hydrogen) atoms. The molecular weight excluding hydrogens is 178 g/mol. The lowest BCUT2D eigenvalue weighted by molar-refractivity contribution is -0.136. The molecule has 3 heteroatoms. The number of nitrogens with zero attached hydrogens (tertiary/aromatic N) is 1. The van der Waals surface area contributed by atoms with Crippen LogP contribution in [0.25, 0.3) is 0 Å². The third kappa shape index (κ3) is 1.37. The number of rotatable bonds is 1. The van der Waals surface area contributed by atoms with Crippen molar-refractivity contribution in [3.63, 3.8) is 0 Å². The lowest BCUT2D eigenvalue weighted by Gasteiger charge is -2.41. The second-order valence-electron chi connectivity index (χ2n) is 4.17. The average Bonchev–Trinajstić information content (AvgIpc) is 2.18. The van der Waals surface area contributed by atoms with Gasteiger partial charge in [0.2, 0.25) is 5.91 Å². The molecule has 1 fully saturated rings. The van der Waals surface area contributed by atoms with Crippen molar-refractivity contribution in [3.8, 4) is 0 Å². The van der Waals surface area contributed by atoms with Gasteiger partial charge in [0, 0.05) is 24.6 Å². The van der Waals surface area contributed by atoms with Gasteiger partial charge in [-0.25, -0.2) is 0 Å². The molecule has 0 saturated carbocycles. The lowest BCUT2D eigenvalue weighted by Crippen LogP contribution is -2.48. The van der Waals surface area contributed by atoms with E-state index >= 15 is 0 Å².